The number of benzene rings is 1. The third kappa shape index (κ3) is 2.73. The number of aliphatic hydroxyl groups excluding tert-OH is 1. The first-order valence-corrected chi connectivity index (χ1v) is 8.68. The highest BCUT2D eigenvalue weighted by molar-refractivity contribution is 5.97. The Labute approximate surface area is 152 Å². The zero-order chi connectivity index (χ0) is 19.3. The third-order valence-electron chi connectivity index (χ3n) is 5.20. The quantitative estimate of drug-likeness (QED) is 0.842. The van der Waals surface area contributed by atoms with Crippen molar-refractivity contribution in [3.05, 3.63) is 33.9 Å². The van der Waals surface area contributed by atoms with Gasteiger partial charge in [-0.15, -0.1) is 0 Å². The van der Waals surface area contributed by atoms with Crippen LogP contribution in [0.5, 0.6) is 5.75 Å². The van der Waals surface area contributed by atoms with Crippen molar-refractivity contribution in [3.63, 3.8) is 0 Å². The lowest BCUT2D eigenvalue weighted by Gasteiger charge is -2.35. The van der Waals surface area contributed by atoms with Crippen LogP contribution in [0.15, 0.2) is 17.1 Å². The Morgan fingerprint density at radius 3 is 2.67 bits per heavy atom. The molecule has 0 spiro atoms. The minimum atomic E-state index is -1.45. The van der Waals surface area contributed by atoms with Crippen molar-refractivity contribution in [1.29, 1.82) is 0 Å². The number of aromatic carboxylic acids is 1. The molecule has 7 nitrogen and oxygen atoms in total. The van der Waals surface area contributed by atoms with Gasteiger partial charge >= 0.3 is 5.97 Å². The summed E-state index contributed by atoms with van der Waals surface area (Å²) in [5, 5.41) is 18.8. The molecule has 0 radical (unpaired) electrons. The predicted octanol–water partition coefficient (Wildman–Crippen LogP) is 1.70. The molecule has 3 heterocycles. The van der Waals surface area contributed by atoms with Crippen molar-refractivity contribution in [1.82, 2.24) is 4.57 Å². The molecule has 0 unspecified atom stereocenters. The number of rotatable bonds is 3. The van der Waals surface area contributed by atoms with Gasteiger partial charge in [-0.2, -0.15) is 0 Å². The van der Waals surface area contributed by atoms with E-state index in [-0.39, 0.29) is 28.9 Å². The third-order valence-corrected chi connectivity index (χ3v) is 5.20. The molecule has 0 bridgehead atoms. The zero-order valence-corrected chi connectivity index (χ0v) is 14.3. The maximum Gasteiger partial charge on any atom is 0.341 e. The zero-order valence-electron chi connectivity index (χ0n) is 14.3. The molecular formula is C18H18F2N2O5. The number of halogens is 2. The van der Waals surface area contributed by atoms with Gasteiger partial charge in [0.25, 0.3) is 0 Å². The van der Waals surface area contributed by atoms with Crippen LogP contribution in [-0.2, 0) is 0 Å². The van der Waals surface area contributed by atoms with E-state index in [0.29, 0.717) is 25.9 Å². The van der Waals surface area contributed by atoms with E-state index in [1.165, 1.54) is 4.57 Å². The van der Waals surface area contributed by atoms with Crippen LogP contribution in [0.3, 0.4) is 0 Å². The summed E-state index contributed by atoms with van der Waals surface area (Å²) in [4.78, 5) is 25.7. The van der Waals surface area contributed by atoms with Crippen LogP contribution in [0.2, 0.25) is 0 Å². The fourth-order valence-corrected chi connectivity index (χ4v) is 3.78. The molecule has 27 heavy (non-hydrogen) atoms. The molecule has 1 saturated heterocycles. The maximum atomic E-state index is 14.9. The Hall–Kier alpha value is -2.68. The van der Waals surface area contributed by atoms with Gasteiger partial charge in [0.2, 0.25) is 5.43 Å². The van der Waals surface area contributed by atoms with Crippen molar-refractivity contribution >= 4 is 22.6 Å². The number of ether oxygens (including phenoxy) is 1. The van der Waals surface area contributed by atoms with E-state index in [4.69, 9.17) is 4.74 Å². The molecule has 0 saturated carbocycles. The van der Waals surface area contributed by atoms with Crippen LogP contribution < -0.4 is 15.1 Å². The number of pyridine rings is 1. The van der Waals surface area contributed by atoms with Crippen LogP contribution in [-0.4, -0.2) is 53.2 Å². The summed E-state index contributed by atoms with van der Waals surface area (Å²) in [5.41, 5.74) is -1.02. The molecule has 1 fully saturated rings. The topological polar surface area (TPSA) is 92.0 Å². The van der Waals surface area contributed by atoms with E-state index in [0.717, 1.165) is 12.3 Å². The second-order valence-electron chi connectivity index (χ2n) is 6.85. The minimum absolute atomic E-state index is 0.104. The number of aliphatic hydroxyl groups is 1. The Morgan fingerprint density at radius 2 is 2.04 bits per heavy atom. The molecule has 2 aromatic rings. The summed E-state index contributed by atoms with van der Waals surface area (Å²) in [6.45, 7) is -0.111. The van der Waals surface area contributed by atoms with Gasteiger partial charge in [-0.05, 0) is 18.9 Å². The SMILES string of the molecule is O=C(O)c1cn2c3c(c(N4CCC(O)CC4)c(F)cc3c1=O)OC[C@@H]2CF. The lowest BCUT2D eigenvalue weighted by Crippen LogP contribution is -2.37. The molecule has 1 aromatic carbocycles. The molecule has 0 aliphatic carbocycles. The van der Waals surface area contributed by atoms with E-state index in [9.17, 15) is 28.6 Å². The van der Waals surface area contributed by atoms with Gasteiger partial charge in [0.15, 0.2) is 11.6 Å². The van der Waals surface area contributed by atoms with Crippen molar-refractivity contribution in [2.45, 2.75) is 25.0 Å². The Morgan fingerprint density at radius 1 is 1.33 bits per heavy atom. The first kappa shape index (κ1) is 17.7. The molecule has 9 heteroatoms. The Balaban J connectivity index is 2.01. The first-order valence-electron chi connectivity index (χ1n) is 8.68. The van der Waals surface area contributed by atoms with E-state index < -0.39 is 41.6 Å². The van der Waals surface area contributed by atoms with E-state index in [2.05, 4.69) is 0 Å². The molecule has 0 amide bonds. The molecule has 1 aromatic heterocycles. The number of anilines is 1. The monoisotopic (exact) mass is 380 g/mol. The second kappa shape index (κ2) is 6.49. The molecular weight excluding hydrogens is 362 g/mol. The number of carbonyl (C=O) groups is 1. The lowest BCUT2D eigenvalue weighted by molar-refractivity contribution is 0.0694. The van der Waals surface area contributed by atoms with Crippen LogP contribution >= 0.6 is 0 Å². The highest BCUT2D eigenvalue weighted by Gasteiger charge is 2.32. The van der Waals surface area contributed by atoms with Crippen LogP contribution in [0, 0.1) is 5.82 Å². The highest BCUT2D eigenvalue weighted by Crippen LogP contribution is 2.42. The number of piperidine rings is 1. The summed E-state index contributed by atoms with van der Waals surface area (Å²) in [6.07, 6.45) is 1.59. The normalized spacial score (nSPS) is 20.0. The van der Waals surface area contributed by atoms with Crippen LogP contribution in [0.25, 0.3) is 10.9 Å². The number of hydrogen-bond acceptors (Lipinski definition) is 5. The van der Waals surface area contributed by atoms with Gasteiger partial charge in [-0.1, -0.05) is 0 Å². The first-order chi connectivity index (χ1) is 12.9. The summed E-state index contributed by atoms with van der Waals surface area (Å²) in [6, 6.07) is 0.189. The average Bonchev–Trinajstić information content (AvgIpc) is 2.65. The number of aromatic nitrogens is 1. The van der Waals surface area contributed by atoms with Crippen molar-refractivity contribution < 1.29 is 28.5 Å². The van der Waals surface area contributed by atoms with E-state index in [1.54, 1.807) is 4.90 Å². The summed E-state index contributed by atoms with van der Waals surface area (Å²) >= 11 is 0. The molecule has 2 aliphatic rings. The summed E-state index contributed by atoms with van der Waals surface area (Å²) in [5.74, 6) is -2.05. The fourth-order valence-electron chi connectivity index (χ4n) is 3.78. The van der Waals surface area contributed by atoms with Crippen molar-refractivity contribution in [2.24, 2.45) is 0 Å². The average molecular weight is 380 g/mol. The minimum Gasteiger partial charge on any atom is -0.487 e. The maximum absolute atomic E-state index is 14.9. The summed E-state index contributed by atoms with van der Waals surface area (Å²) < 4.78 is 35.4. The standard InChI is InChI=1S/C18H18F2N2O5/c19-6-9-8-27-17-14-11(16(24)12(18(25)26)7-22(9)14)5-13(20)15(17)21-3-1-10(23)2-4-21/h5,7,9-10,23H,1-4,6,8H2,(H,25,26)/t9-/m0/s1. The number of nitrogens with zero attached hydrogens (tertiary/aromatic N) is 2. The number of carboxylic acid groups (broad SMARTS) is 1. The second-order valence-corrected chi connectivity index (χ2v) is 6.85. The predicted molar refractivity (Wildman–Crippen MR) is 93.1 cm³/mol. The molecule has 4 rings (SSSR count). The van der Waals surface area contributed by atoms with Gasteiger partial charge in [0.05, 0.1) is 23.0 Å². The summed E-state index contributed by atoms with van der Waals surface area (Å²) in [7, 11) is 0. The van der Waals surface area contributed by atoms with E-state index in [1.807, 2.05) is 0 Å². The highest BCUT2D eigenvalue weighted by atomic mass is 19.1. The Kier molecular flexibility index (Phi) is 4.26. The number of alkyl halides is 1. The largest absolute Gasteiger partial charge is 0.487 e. The van der Waals surface area contributed by atoms with Gasteiger partial charge in [0, 0.05) is 19.3 Å². The van der Waals surface area contributed by atoms with Gasteiger partial charge in [-0.25, -0.2) is 13.6 Å². The van der Waals surface area contributed by atoms with Crippen molar-refractivity contribution in [3.8, 4) is 5.75 Å². The number of carboxylic acids is 1. The molecule has 2 N–H and O–H groups in total. The fraction of sp³-hybridized carbons (Fsp3) is 0.444. The van der Waals surface area contributed by atoms with Gasteiger partial charge in [0.1, 0.15) is 24.5 Å². The van der Waals surface area contributed by atoms with Crippen LogP contribution in [0.1, 0.15) is 29.2 Å². The lowest BCUT2D eigenvalue weighted by atomic mass is 10.0. The van der Waals surface area contributed by atoms with Gasteiger partial charge < -0.3 is 24.4 Å². The molecule has 1 atom stereocenters. The van der Waals surface area contributed by atoms with Crippen LogP contribution in [0.4, 0.5) is 14.5 Å². The van der Waals surface area contributed by atoms with Crippen molar-refractivity contribution in [2.75, 3.05) is 31.3 Å². The van der Waals surface area contributed by atoms with E-state index >= 15 is 0 Å². The van der Waals surface area contributed by atoms with Gasteiger partial charge in [-0.3, -0.25) is 4.79 Å². The smallest absolute Gasteiger partial charge is 0.341 e. The number of hydrogen-bond donors (Lipinski definition) is 2. The molecule has 144 valence electrons. The Bertz CT molecular complexity index is 982. The molecule has 2 aliphatic heterocycles.